The van der Waals surface area contributed by atoms with Crippen molar-refractivity contribution < 1.29 is 24.2 Å². The Balaban J connectivity index is 3.39. The number of unbranched alkanes of at least 4 members (excludes halogenated alkanes) is 22. The van der Waals surface area contributed by atoms with E-state index in [9.17, 15) is 14.7 Å². The van der Waals surface area contributed by atoms with Crippen molar-refractivity contribution in [2.45, 2.75) is 226 Å². The molecule has 0 spiro atoms. The maximum atomic E-state index is 12.0. The van der Waals surface area contributed by atoms with E-state index in [2.05, 4.69) is 27.7 Å². The second-order valence-corrected chi connectivity index (χ2v) is 14.6. The lowest BCUT2D eigenvalue weighted by atomic mass is 9.99. The van der Waals surface area contributed by atoms with E-state index in [0.29, 0.717) is 12.8 Å². The van der Waals surface area contributed by atoms with Gasteiger partial charge in [-0.25, -0.2) is 0 Å². The lowest BCUT2D eigenvalue weighted by Gasteiger charge is -2.12. The van der Waals surface area contributed by atoms with Gasteiger partial charge in [-0.3, -0.25) is 9.59 Å². The molecule has 0 aliphatic rings. The summed E-state index contributed by atoms with van der Waals surface area (Å²) in [5.74, 6) is 1.23. The standard InChI is InChI=1S/C41H80O5/c1-5-37(3)31-27-23-19-15-11-9-7-8-10-12-17-21-25-29-33-40(43)45-35-39(42)36-46-41(44)34-30-26-22-18-14-13-16-20-24-28-32-38(4)6-2/h37-39,42H,5-36H2,1-4H3/t37?,38?,39-/m0/s1. The van der Waals surface area contributed by atoms with Crippen LogP contribution >= 0.6 is 0 Å². The summed E-state index contributed by atoms with van der Waals surface area (Å²) in [7, 11) is 0. The second kappa shape index (κ2) is 35.2. The molecule has 0 aromatic heterocycles. The van der Waals surface area contributed by atoms with E-state index >= 15 is 0 Å². The van der Waals surface area contributed by atoms with Crippen molar-refractivity contribution in [1.82, 2.24) is 0 Å². The van der Waals surface area contributed by atoms with Crippen LogP contribution in [0.2, 0.25) is 0 Å². The Bertz CT molecular complexity index is 651. The molecule has 0 bridgehead atoms. The first-order chi connectivity index (χ1) is 22.4. The summed E-state index contributed by atoms with van der Waals surface area (Å²) in [4.78, 5) is 23.9. The van der Waals surface area contributed by atoms with Gasteiger partial charge in [0, 0.05) is 12.8 Å². The van der Waals surface area contributed by atoms with E-state index in [0.717, 1.165) is 37.5 Å². The maximum absolute atomic E-state index is 12.0. The Hall–Kier alpha value is -1.10. The van der Waals surface area contributed by atoms with E-state index in [1.165, 1.54) is 154 Å². The van der Waals surface area contributed by atoms with Crippen molar-refractivity contribution in [2.24, 2.45) is 11.8 Å². The number of rotatable bonds is 36. The zero-order chi connectivity index (χ0) is 33.9. The molecule has 0 aromatic rings. The molecule has 5 nitrogen and oxygen atoms in total. The van der Waals surface area contributed by atoms with Crippen LogP contribution in [-0.2, 0) is 19.1 Å². The normalized spacial score (nSPS) is 13.4. The average molecular weight is 653 g/mol. The van der Waals surface area contributed by atoms with Gasteiger partial charge in [-0.1, -0.05) is 195 Å². The highest BCUT2D eigenvalue weighted by Gasteiger charge is 2.12. The van der Waals surface area contributed by atoms with Crippen molar-refractivity contribution in [3.63, 3.8) is 0 Å². The van der Waals surface area contributed by atoms with E-state index in [-0.39, 0.29) is 25.2 Å². The monoisotopic (exact) mass is 653 g/mol. The Morgan fingerprint density at radius 1 is 0.435 bits per heavy atom. The SMILES string of the molecule is CCC(C)CCCCCCCCCCCCCCCCC(=O)OC[C@H](O)COC(=O)CCCCCCCCCCCCC(C)CC. The van der Waals surface area contributed by atoms with Gasteiger partial charge < -0.3 is 14.6 Å². The molecule has 0 aliphatic heterocycles. The van der Waals surface area contributed by atoms with Crippen molar-refractivity contribution in [3.8, 4) is 0 Å². The summed E-state index contributed by atoms with van der Waals surface area (Å²) in [6.07, 6.45) is 35.7. The van der Waals surface area contributed by atoms with E-state index in [1.54, 1.807) is 0 Å². The topological polar surface area (TPSA) is 72.8 Å². The predicted molar refractivity (Wildman–Crippen MR) is 196 cm³/mol. The lowest BCUT2D eigenvalue weighted by Crippen LogP contribution is -2.25. The molecule has 1 N–H and O–H groups in total. The first-order valence-corrected chi connectivity index (χ1v) is 20.4. The molecule has 0 amide bonds. The Morgan fingerprint density at radius 2 is 0.674 bits per heavy atom. The van der Waals surface area contributed by atoms with Crippen LogP contribution in [0, 0.1) is 11.8 Å². The average Bonchev–Trinajstić information content (AvgIpc) is 3.06. The summed E-state index contributed by atoms with van der Waals surface area (Å²) in [5.41, 5.74) is 0. The first kappa shape index (κ1) is 44.9. The molecule has 5 heteroatoms. The Labute approximate surface area is 287 Å². The number of esters is 2. The summed E-state index contributed by atoms with van der Waals surface area (Å²) >= 11 is 0. The van der Waals surface area contributed by atoms with Crippen LogP contribution in [0.4, 0.5) is 0 Å². The van der Waals surface area contributed by atoms with Gasteiger partial charge in [-0.15, -0.1) is 0 Å². The molecule has 3 atom stereocenters. The number of carbonyl (C=O) groups is 2. The lowest BCUT2D eigenvalue weighted by molar-refractivity contribution is -0.152. The summed E-state index contributed by atoms with van der Waals surface area (Å²) in [6, 6.07) is 0. The van der Waals surface area contributed by atoms with E-state index in [1.807, 2.05) is 0 Å². The van der Waals surface area contributed by atoms with Crippen molar-refractivity contribution in [1.29, 1.82) is 0 Å². The third kappa shape index (κ3) is 34.2. The van der Waals surface area contributed by atoms with Crippen LogP contribution in [0.1, 0.15) is 220 Å². The van der Waals surface area contributed by atoms with E-state index < -0.39 is 6.10 Å². The van der Waals surface area contributed by atoms with Crippen molar-refractivity contribution >= 4 is 11.9 Å². The van der Waals surface area contributed by atoms with Crippen LogP contribution in [0.5, 0.6) is 0 Å². The molecule has 0 rings (SSSR count). The van der Waals surface area contributed by atoms with Gasteiger partial charge in [0.1, 0.15) is 19.3 Å². The largest absolute Gasteiger partial charge is 0.463 e. The minimum atomic E-state index is -0.956. The van der Waals surface area contributed by atoms with Gasteiger partial charge in [0.2, 0.25) is 0 Å². The van der Waals surface area contributed by atoms with E-state index in [4.69, 9.17) is 9.47 Å². The van der Waals surface area contributed by atoms with Gasteiger partial charge in [0.15, 0.2) is 0 Å². The van der Waals surface area contributed by atoms with Crippen LogP contribution in [0.3, 0.4) is 0 Å². The fourth-order valence-corrected chi connectivity index (χ4v) is 6.04. The Morgan fingerprint density at radius 3 is 0.935 bits per heavy atom. The molecular weight excluding hydrogens is 572 g/mol. The van der Waals surface area contributed by atoms with Crippen molar-refractivity contribution in [2.75, 3.05) is 13.2 Å². The predicted octanol–water partition coefficient (Wildman–Crippen LogP) is 12.4. The quantitative estimate of drug-likeness (QED) is 0.0538. The smallest absolute Gasteiger partial charge is 0.305 e. The number of ether oxygens (including phenoxy) is 2. The molecule has 0 radical (unpaired) electrons. The molecular formula is C41H80O5. The van der Waals surface area contributed by atoms with Gasteiger partial charge >= 0.3 is 11.9 Å². The van der Waals surface area contributed by atoms with Crippen LogP contribution in [-0.4, -0.2) is 36.4 Å². The highest BCUT2D eigenvalue weighted by molar-refractivity contribution is 5.69. The molecule has 0 fully saturated rings. The van der Waals surface area contributed by atoms with Crippen LogP contribution < -0.4 is 0 Å². The summed E-state index contributed by atoms with van der Waals surface area (Å²) in [6.45, 7) is 9.08. The summed E-state index contributed by atoms with van der Waals surface area (Å²) in [5, 5.41) is 10.0. The zero-order valence-corrected chi connectivity index (χ0v) is 31.4. The number of hydrogen-bond donors (Lipinski definition) is 1. The fraction of sp³-hybridized carbons (Fsp3) is 0.951. The molecule has 0 aromatic carbocycles. The van der Waals surface area contributed by atoms with Gasteiger partial charge in [0.05, 0.1) is 0 Å². The second-order valence-electron chi connectivity index (χ2n) is 14.6. The fourth-order valence-electron chi connectivity index (χ4n) is 6.04. The third-order valence-corrected chi connectivity index (χ3v) is 9.92. The molecule has 2 unspecified atom stereocenters. The van der Waals surface area contributed by atoms with Gasteiger partial charge in [-0.05, 0) is 24.7 Å². The maximum Gasteiger partial charge on any atom is 0.305 e. The molecule has 0 aliphatic carbocycles. The number of aliphatic hydroxyl groups is 1. The molecule has 46 heavy (non-hydrogen) atoms. The first-order valence-electron chi connectivity index (χ1n) is 20.4. The third-order valence-electron chi connectivity index (χ3n) is 9.92. The number of carbonyl (C=O) groups excluding carboxylic acids is 2. The summed E-state index contributed by atoms with van der Waals surface area (Å²) < 4.78 is 10.3. The molecule has 0 saturated carbocycles. The molecule has 0 heterocycles. The van der Waals surface area contributed by atoms with Crippen molar-refractivity contribution in [3.05, 3.63) is 0 Å². The molecule has 274 valence electrons. The minimum absolute atomic E-state index is 0.109. The minimum Gasteiger partial charge on any atom is -0.463 e. The Kier molecular flexibility index (Phi) is 34.4. The van der Waals surface area contributed by atoms with Gasteiger partial charge in [0.25, 0.3) is 0 Å². The number of hydrogen-bond acceptors (Lipinski definition) is 5. The zero-order valence-electron chi connectivity index (χ0n) is 31.4. The highest BCUT2D eigenvalue weighted by atomic mass is 16.6. The highest BCUT2D eigenvalue weighted by Crippen LogP contribution is 2.17. The molecule has 0 saturated heterocycles. The van der Waals surface area contributed by atoms with Crippen LogP contribution in [0.15, 0.2) is 0 Å². The van der Waals surface area contributed by atoms with Gasteiger partial charge in [-0.2, -0.15) is 0 Å². The number of aliphatic hydroxyl groups excluding tert-OH is 1. The van der Waals surface area contributed by atoms with Crippen LogP contribution in [0.25, 0.3) is 0 Å².